The van der Waals surface area contributed by atoms with E-state index in [1.807, 2.05) is 6.07 Å². The summed E-state index contributed by atoms with van der Waals surface area (Å²) in [4.78, 5) is 40.8. The number of nitrogens with one attached hydrogen (secondary N) is 1. The van der Waals surface area contributed by atoms with Crippen LogP contribution in [-0.4, -0.2) is 63.6 Å². The normalized spacial score (nSPS) is 19.5. The first-order chi connectivity index (χ1) is 16.0. The summed E-state index contributed by atoms with van der Waals surface area (Å²) in [5.41, 5.74) is 1.37. The van der Waals surface area contributed by atoms with Gasteiger partial charge in [0, 0.05) is 58.3 Å². The second-order valence-electron chi connectivity index (χ2n) is 9.23. The average molecular weight is 452 g/mol. The van der Waals surface area contributed by atoms with Crippen LogP contribution in [0.5, 0.6) is 0 Å². The third kappa shape index (κ3) is 6.28. The van der Waals surface area contributed by atoms with Gasteiger partial charge in [0.1, 0.15) is 5.69 Å². The smallest absolute Gasteiger partial charge is 0.274 e. The van der Waals surface area contributed by atoms with Gasteiger partial charge in [0.15, 0.2) is 0 Å². The monoisotopic (exact) mass is 451 g/mol. The molecule has 2 aliphatic rings. The summed E-state index contributed by atoms with van der Waals surface area (Å²) in [5.74, 6) is 0.448. The highest BCUT2D eigenvalue weighted by Crippen LogP contribution is 2.23. The quantitative estimate of drug-likeness (QED) is 0.694. The molecular formula is C25H33N5O3. The van der Waals surface area contributed by atoms with E-state index < -0.39 is 0 Å². The van der Waals surface area contributed by atoms with E-state index in [1.54, 1.807) is 11.9 Å². The third-order valence-corrected chi connectivity index (χ3v) is 6.75. The van der Waals surface area contributed by atoms with E-state index in [1.165, 1.54) is 22.4 Å². The molecule has 0 aliphatic carbocycles. The molecule has 1 atom stereocenters. The van der Waals surface area contributed by atoms with Crippen molar-refractivity contribution in [1.82, 2.24) is 24.9 Å². The number of benzene rings is 1. The van der Waals surface area contributed by atoms with Gasteiger partial charge in [-0.2, -0.15) is 5.10 Å². The van der Waals surface area contributed by atoms with Crippen LogP contribution in [0.15, 0.2) is 47.3 Å². The Morgan fingerprint density at radius 1 is 1.03 bits per heavy atom. The molecule has 1 aromatic heterocycles. The van der Waals surface area contributed by atoms with E-state index in [0.717, 1.165) is 45.3 Å². The predicted molar refractivity (Wildman–Crippen MR) is 126 cm³/mol. The van der Waals surface area contributed by atoms with Crippen LogP contribution in [0.2, 0.25) is 0 Å². The van der Waals surface area contributed by atoms with Crippen LogP contribution in [0.4, 0.5) is 0 Å². The lowest BCUT2D eigenvalue weighted by Crippen LogP contribution is -2.40. The molecule has 1 aromatic carbocycles. The highest BCUT2D eigenvalue weighted by Gasteiger charge is 2.27. The minimum atomic E-state index is -0.231. The van der Waals surface area contributed by atoms with E-state index in [9.17, 15) is 14.4 Å². The van der Waals surface area contributed by atoms with Crippen molar-refractivity contribution in [2.45, 2.75) is 44.7 Å². The van der Waals surface area contributed by atoms with Crippen molar-refractivity contribution >= 4 is 11.8 Å². The van der Waals surface area contributed by atoms with Crippen molar-refractivity contribution in [3.63, 3.8) is 0 Å². The second kappa shape index (κ2) is 10.7. The van der Waals surface area contributed by atoms with Gasteiger partial charge >= 0.3 is 0 Å². The van der Waals surface area contributed by atoms with E-state index in [2.05, 4.69) is 39.6 Å². The number of hydrogen-bond acceptors (Lipinski definition) is 5. The Bertz CT molecular complexity index is 1010. The van der Waals surface area contributed by atoms with Crippen molar-refractivity contribution in [2.24, 2.45) is 13.0 Å². The number of hydrogen-bond donors (Lipinski definition) is 1. The van der Waals surface area contributed by atoms with E-state index in [0.29, 0.717) is 31.1 Å². The van der Waals surface area contributed by atoms with E-state index in [-0.39, 0.29) is 23.4 Å². The van der Waals surface area contributed by atoms with Crippen LogP contribution < -0.4 is 10.9 Å². The fraction of sp³-hybridized carbons (Fsp3) is 0.520. The fourth-order valence-corrected chi connectivity index (χ4v) is 4.77. The topological polar surface area (TPSA) is 87.5 Å². The number of rotatable bonds is 7. The maximum absolute atomic E-state index is 12.7. The van der Waals surface area contributed by atoms with Gasteiger partial charge in [0.05, 0.1) is 0 Å². The van der Waals surface area contributed by atoms with Crippen LogP contribution in [-0.2, 0) is 18.4 Å². The number of carbonyl (C=O) groups is 2. The second-order valence-corrected chi connectivity index (χ2v) is 9.23. The number of aryl methyl sites for hydroxylation is 1. The summed E-state index contributed by atoms with van der Waals surface area (Å²) in [6, 6.07) is 13.5. The highest BCUT2D eigenvalue weighted by atomic mass is 16.2. The number of nitrogens with zero attached hydrogens (tertiary/aromatic N) is 4. The zero-order valence-corrected chi connectivity index (χ0v) is 19.3. The Labute approximate surface area is 194 Å². The third-order valence-electron chi connectivity index (χ3n) is 6.75. The molecule has 4 rings (SSSR count). The number of piperidine rings is 1. The van der Waals surface area contributed by atoms with Crippen LogP contribution >= 0.6 is 0 Å². The van der Waals surface area contributed by atoms with Crippen LogP contribution in [0, 0.1) is 5.92 Å². The Morgan fingerprint density at radius 2 is 1.79 bits per heavy atom. The number of carbonyl (C=O) groups excluding carboxylic acids is 2. The fourth-order valence-electron chi connectivity index (χ4n) is 4.77. The zero-order chi connectivity index (χ0) is 23.2. The molecule has 8 nitrogen and oxygen atoms in total. The summed E-state index contributed by atoms with van der Waals surface area (Å²) < 4.78 is 1.18. The standard InChI is InChI=1S/C25H33N5O3/c1-28-24(32)10-8-22(27-28)25(33)30-15-11-19(12-16-30)7-9-23(31)26-21-13-14-29(18-21)17-20-5-3-2-4-6-20/h2-6,8,10,19,21H,7,9,11-18H2,1H3,(H,26,31)/t21-/m1/s1. The van der Waals surface area contributed by atoms with Crippen LogP contribution in [0.25, 0.3) is 0 Å². The predicted octanol–water partition coefficient (Wildman–Crippen LogP) is 1.80. The molecule has 0 unspecified atom stereocenters. The van der Waals surface area contributed by atoms with Crippen LogP contribution in [0.1, 0.15) is 48.2 Å². The van der Waals surface area contributed by atoms with Crippen molar-refractivity contribution in [2.75, 3.05) is 26.2 Å². The van der Waals surface area contributed by atoms with E-state index >= 15 is 0 Å². The molecule has 0 bridgehead atoms. The number of aromatic nitrogens is 2. The molecule has 0 saturated carbocycles. The maximum atomic E-state index is 12.7. The molecule has 2 saturated heterocycles. The first kappa shape index (κ1) is 23.2. The van der Waals surface area contributed by atoms with Gasteiger partial charge in [-0.3, -0.25) is 19.3 Å². The van der Waals surface area contributed by atoms with Gasteiger partial charge in [-0.05, 0) is 43.2 Å². The molecule has 1 N–H and O–H groups in total. The van der Waals surface area contributed by atoms with Crippen molar-refractivity contribution < 1.29 is 9.59 Å². The Balaban J connectivity index is 1.15. The minimum Gasteiger partial charge on any atom is -0.352 e. The minimum absolute atomic E-state index is 0.134. The Kier molecular flexibility index (Phi) is 7.54. The molecule has 8 heteroatoms. The van der Waals surface area contributed by atoms with E-state index in [4.69, 9.17) is 0 Å². The molecule has 2 aromatic rings. The van der Waals surface area contributed by atoms with Crippen molar-refractivity contribution in [3.8, 4) is 0 Å². The molecule has 2 amide bonds. The summed E-state index contributed by atoms with van der Waals surface area (Å²) in [5, 5.41) is 7.27. The number of amides is 2. The molecule has 2 fully saturated rings. The Morgan fingerprint density at radius 3 is 2.52 bits per heavy atom. The van der Waals surface area contributed by atoms with Crippen LogP contribution in [0.3, 0.4) is 0 Å². The van der Waals surface area contributed by atoms with Gasteiger partial charge in [0.25, 0.3) is 11.5 Å². The molecule has 33 heavy (non-hydrogen) atoms. The first-order valence-corrected chi connectivity index (χ1v) is 11.9. The summed E-state index contributed by atoms with van der Waals surface area (Å²) in [6.07, 6.45) is 4.17. The average Bonchev–Trinajstić information content (AvgIpc) is 3.26. The lowest BCUT2D eigenvalue weighted by molar-refractivity contribution is -0.122. The SMILES string of the molecule is Cn1nc(C(=O)N2CCC(CCC(=O)N[C@@H]3CCN(Cc4ccccc4)C3)CC2)ccc1=O. The summed E-state index contributed by atoms with van der Waals surface area (Å²) in [7, 11) is 1.54. The molecule has 176 valence electrons. The lowest BCUT2D eigenvalue weighted by Gasteiger charge is -2.31. The maximum Gasteiger partial charge on any atom is 0.274 e. The largest absolute Gasteiger partial charge is 0.352 e. The van der Waals surface area contributed by atoms with Gasteiger partial charge in [-0.1, -0.05) is 30.3 Å². The molecule has 3 heterocycles. The molecule has 2 aliphatic heterocycles. The molecule has 0 spiro atoms. The summed E-state index contributed by atoms with van der Waals surface area (Å²) in [6.45, 7) is 4.16. The number of likely N-dealkylation sites (tertiary alicyclic amines) is 2. The Hall–Kier alpha value is -3.00. The first-order valence-electron chi connectivity index (χ1n) is 11.9. The van der Waals surface area contributed by atoms with Crippen molar-refractivity contribution in [1.29, 1.82) is 0 Å². The van der Waals surface area contributed by atoms with Gasteiger partial charge < -0.3 is 10.2 Å². The van der Waals surface area contributed by atoms with Gasteiger partial charge in [-0.15, -0.1) is 0 Å². The van der Waals surface area contributed by atoms with Crippen molar-refractivity contribution in [3.05, 3.63) is 64.1 Å². The molecular weight excluding hydrogens is 418 g/mol. The highest BCUT2D eigenvalue weighted by molar-refractivity contribution is 5.92. The lowest BCUT2D eigenvalue weighted by atomic mass is 9.92. The van der Waals surface area contributed by atoms with Gasteiger partial charge in [0.2, 0.25) is 5.91 Å². The zero-order valence-electron chi connectivity index (χ0n) is 19.3. The molecule has 0 radical (unpaired) electrons. The van der Waals surface area contributed by atoms with Gasteiger partial charge in [-0.25, -0.2) is 4.68 Å². The summed E-state index contributed by atoms with van der Waals surface area (Å²) >= 11 is 0.